The van der Waals surface area contributed by atoms with Crippen molar-refractivity contribution in [3.05, 3.63) is 0 Å². The number of thioether (sulfide) groups is 1. The molecule has 0 radical (unpaired) electrons. The Bertz CT molecular complexity index is 665. The molecule has 0 bridgehead atoms. The molecule has 13 heteroatoms. The zero-order chi connectivity index (χ0) is 22.8. The predicted octanol–water partition coefficient (Wildman–Crippen LogP) is -2.08. The number of hydrogen-bond donors (Lipinski definition) is 6. The van der Waals surface area contributed by atoms with Crippen molar-refractivity contribution < 1.29 is 29.1 Å². The third kappa shape index (κ3) is 7.69. The van der Waals surface area contributed by atoms with E-state index in [2.05, 4.69) is 23.3 Å². The number of carbonyl (C=O) groups is 5. The standard InChI is InChI=1S/C17H29N5O6S2/c1-30-6-4-10(16(26)22-5-2-3-12(22)17(27)28)20-15(25)11(8-29)21-14(24)9(18)7-13(19)23/h9-12,29H,2-8,18H2,1H3,(H2,19,23)(H,20,25)(H,21,24)(H,27,28). The molecule has 11 nitrogen and oxygen atoms in total. The summed E-state index contributed by atoms with van der Waals surface area (Å²) < 4.78 is 0. The van der Waals surface area contributed by atoms with Crippen LogP contribution >= 0.6 is 24.4 Å². The van der Waals surface area contributed by atoms with Crippen LogP contribution in [0.2, 0.25) is 0 Å². The number of carboxylic acid groups (broad SMARTS) is 1. The van der Waals surface area contributed by atoms with Crippen LogP contribution in [-0.4, -0.2) is 88.1 Å². The molecular formula is C17H29N5O6S2. The highest BCUT2D eigenvalue weighted by molar-refractivity contribution is 7.98. The van der Waals surface area contributed by atoms with Crippen molar-refractivity contribution in [3.8, 4) is 0 Å². The van der Waals surface area contributed by atoms with E-state index in [1.54, 1.807) is 0 Å². The first-order valence-electron chi connectivity index (χ1n) is 9.40. The number of nitrogens with zero attached hydrogens (tertiary/aromatic N) is 1. The average molecular weight is 464 g/mol. The Balaban J connectivity index is 2.85. The fraction of sp³-hybridized carbons (Fsp3) is 0.706. The SMILES string of the molecule is CSCCC(NC(=O)C(CS)NC(=O)C(N)CC(N)=O)C(=O)N1CCCC1C(=O)O. The van der Waals surface area contributed by atoms with Gasteiger partial charge in [0.15, 0.2) is 0 Å². The second-order valence-corrected chi connectivity index (χ2v) is 8.24. The van der Waals surface area contributed by atoms with E-state index >= 15 is 0 Å². The number of carbonyl (C=O) groups excluding carboxylic acids is 4. The maximum absolute atomic E-state index is 12.9. The van der Waals surface area contributed by atoms with Crippen molar-refractivity contribution in [2.75, 3.05) is 24.3 Å². The van der Waals surface area contributed by atoms with Gasteiger partial charge >= 0.3 is 5.97 Å². The van der Waals surface area contributed by atoms with Gasteiger partial charge in [-0.15, -0.1) is 0 Å². The zero-order valence-corrected chi connectivity index (χ0v) is 18.4. The molecule has 1 heterocycles. The van der Waals surface area contributed by atoms with Gasteiger partial charge in [0.2, 0.25) is 23.6 Å². The maximum atomic E-state index is 12.9. The highest BCUT2D eigenvalue weighted by atomic mass is 32.2. The quantitative estimate of drug-likeness (QED) is 0.178. The van der Waals surface area contributed by atoms with Crippen LogP contribution in [0.5, 0.6) is 0 Å². The van der Waals surface area contributed by atoms with Crippen LogP contribution in [0.4, 0.5) is 0 Å². The Labute approximate surface area is 184 Å². The van der Waals surface area contributed by atoms with Crippen molar-refractivity contribution in [2.24, 2.45) is 11.5 Å². The van der Waals surface area contributed by atoms with E-state index in [9.17, 15) is 29.1 Å². The van der Waals surface area contributed by atoms with Gasteiger partial charge in [-0.1, -0.05) is 0 Å². The molecule has 0 spiro atoms. The van der Waals surface area contributed by atoms with Gasteiger partial charge in [-0.3, -0.25) is 19.2 Å². The fourth-order valence-corrected chi connectivity index (χ4v) is 3.76. The lowest BCUT2D eigenvalue weighted by molar-refractivity contribution is -0.149. The molecule has 1 aliphatic rings. The highest BCUT2D eigenvalue weighted by Crippen LogP contribution is 2.19. The minimum absolute atomic E-state index is 0.0776. The van der Waals surface area contributed by atoms with E-state index in [0.717, 1.165) is 0 Å². The summed E-state index contributed by atoms with van der Waals surface area (Å²) in [7, 11) is 0. The third-order valence-corrected chi connectivity index (χ3v) is 5.63. The van der Waals surface area contributed by atoms with E-state index in [-0.39, 0.29) is 12.2 Å². The smallest absolute Gasteiger partial charge is 0.326 e. The summed E-state index contributed by atoms with van der Waals surface area (Å²) in [6.45, 7) is 0.302. The number of likely N-dealkylation sites (tertiary alicyclic amines) is 1. The van der Waals surface area contributed by atoms with Crippen LogP contribution in [0.25, 0.3) is 0 Å². The van der Waals surface area contributed by atoms with E-state index in [4.69, 9.17) is 11.5 Å². The van der Waals surface area contributed by atoms with Crippen molar-refractivity contribution in [2.45, 2.75) is 49.9 Å². The monoisotopic (exact) mass is 463 g/mol. The summed E-state index contributed by atoms with van der Waals surface area (Å²) in [5, 5.41) is 14.3. The first-order valence-corrected chi connectivity index (χ1v) is 11.4. The average Bonchev–Trinajstić information content (AvgIpc) is 3.17. The van der Waals surface area contributed by atoms with Gasteiger partial charge < -0.3 is 32.1 Å². The van der Waals surface area contributed by atoms with Gasteiger partial charge in [0.1, 0.15) is 18.1 Å². The van der Waals surface area contributed by atoms with Crippen LogP contribution in [0.15, 0.2) is 0 Å². The third-order valence-electron chi connectivity index (χ3n) is 4.62. The summed E-state index contributed by atoms with van der Waals surface area (Å²) in [6, 6.07) is -4.17. The van der Waals surface area contributed by atoms with Gasteiger partial charge in [-0.05, 0) is 31.3 Å². The minimum atomic E-state index is -1.22. The molecule has 4 unspecified atom stereocenters. The van der Waals surface area contributed by atoms with Gasteiger partial charge in [0.25, 0.3) is 0 Å². The van der Waals surface area contributed by atoms with E-state index in [0.29, 0.717) is 31.6 Å². The Morgan fingerprint density at radius 3 is 2.37 bits per heavy atom. The Kier molecular flexibility index (Phi) is 11.0. The van der Waals surface area contributed by atoms with Gasteiger partial charge in [0, 0.05) is 12.3 Å². The second-order valence-electron chi connectivity index (χ2n) is 6.89. The van der Waals surface area contributed by atoms with Crippen LogP contribution in [0.1, 0.15) is 25.7 Å². The zero-order valence-electron chi connectivity index (χ0n) is 16.7. The number of primary amides is 1. The number of rotatable bonds is 12. The molecule has 170 valence electrons. The molecular weight excluding hydrogens is 434 g/mol. The Morgan fingerprint density at radius 1 is 1.20 bits per heavy atom. The second kappa shape index (κ2) is 12.6. The summed E-state index contributed by atoms with van der Waals surface area (Å²) in [6.07, 6.45) is 2.68. The number of thiol groups is 1. The molecule has 1 rings (SSSR count). The molecule has 1 saturated heterocycles. The molecule has 30 heavy (non-hydrogen) atoms. The van der Waals surface area contributed by atoms with Crippen LogP contribution in [0.3, 0.4) is 0 Å². The summed E-state index contributed by atoms with van der Waals surface area (Å²) in [5.74, 6) is -3.24. The molecule has 0 aromatic heterocycles. The normalized spacial score (nSPS) is 18.9. The molecule has 4 amide bonds. The maximum Gasteiger partial charge on any atom is 0.326 e. The Morgan fingerprint density at radius 2 is 1.83 bits per heavy atom. The highest BCUT2D eigenvalue weighted by Gasteiger charge is 2.38. The predicted molar refractivity (Wildman–Crippen MR) is 115 cm³/mol. The molecule has 0 saturated carbocycles. The lowest BCUT2D eigenvalue weighted by atomic mass is 10.1. The number of aliphatic carboxylic acids is 1. The van der Waals surface area contributed by atoms with Crippen LogP contribution < -0.4 is 22.1 Å². The van der Waals surface area contributed by atoms with E-state index in [1.807, 2.05) is 6.26 Å². The lowest BCUT2D eigenvalue weighted by Crippen LogP contribution is -2.58. The van der Waals surface area contributed by atoms with Crippen molar-refractivity contribution in [3.63, 3.8) is 0 Å². The topological polar surface area (TPSA) is 185 Å². The fourth-order valence-electron chi connectivity index (χ4n) is 3.04. The molecule has 0 aliphatic carbocycles. The van der Waals surface area contributed by atoms with Gasteiger partial charge in [0.05, 0.1) is 12.5 Å². The largest absolute Gasteiger partial charge is 0.480 e. The minimum Gasteiger partial charge on any atom is -0.480 e. The number of carboxylic acids is 1. The number of amides is 4. The molecule has 1 fully saturated rings. The first-order chi connectivity index (χ1) is 14.1. The summed E-state index contributed by atoms with van der Waals surface area (Å²) in [4.78, 5) is 61.2. The van der Waals surface area contributed by atoms with E-state index < -0.39 is 53.8 Å². The molecule has 0 aromatic carbocycles. The van der Waals surface area contributed by atoms with Crippen molar-refractivity contribution >= 4 is 54.0 Å². The van der Waals surface area contributed by atoms with Crippen molar-refractivity contribution in [1.29, 1.82) is 0 Å². The molecule has 7 N–H and O–H groups in total. The molecule has 0 aromatic rings. The van der Waals surface area contributed by atoms with Crippen molar-refractivity contribution in [1.82, 2.24) is 15.5 Å². The summed E-state index contributed by atoms with van der Waals surface area (Å²) >= 11 is 5.53. The summed E-state index contributed by atoms with van der Waals surface area (Å²) in [5.41, 5.74) is 10.6. The first kappa shape index (κ1) is 26.0. The Hall–Kier alpha value is -1.99. The number of hydrogen-bond acceptors (Lipinski definition) is 8. The number of nitrogens with two attached hydrogens (primary N) is 2. The lowest BCUT2D eigenvalue weighted by Gasteiger charge is -2.28. The van der Waals surface area contributed by atoms with Crippen LogP contribution in [0, 0.1) is 0 Å². The molecule has 4 atom stereocenters. The number of nitrogens with one attached hydrogen (secondary N) is 2. The van der Waals surface area contributed by atoms with Crippen LogP contribution in [-0.2, 0) is 24.0 Å². The van der Waals surface area contributed by atoms with Gasteiger partial charge in [-0.25, -0.2) is 4.79 Å². The van der Waals surface area contributed by atoms with Gasteiger partial charge in [-0.2, -0.15) is 24.4 Å². The molecule has 1 aliphatic heterocycles. The van der Waals surface area contributed by atoms with E-state index in [1.165, 1.54) is 16.7 Å².